The number of pyridine rings is 1. The first-order valence-corrected chi connectivity index (χ1v) is 16.3. The van der Waals surface area contributed by atoms with Crippen LogP contribution in [-0.2, 0) is 21.1 Å². The maximum absolute atomic E-state index is 11.8. The highest BCUT2D eigenvalue weighted by molar-refractivity contribution is 7.90. The number of anilines is 3. The summed E-state index contributed by atoms with van der Waals surface area (Å²) < 4.78 is 31.0. The molecule has 2 fully saturated rings. The van der Waals surface area contributed by atoms with E-state index in [9.17, 15) is 8.42 Å². The van der Waals surface area contributed by atoms with Gasteiger partial charge in [-0.3, -0.25) is 4.68 Å². The molecule has 1 aromatic carbocycles. The van der Waals surface area contributed by atoms with E-state index in [-0.39, 0.29) is 23.3 Å². The van der Waals surface area contributed by atoms with Crippen LogP contribution in [0.4, 0.5) is 17.3 Å². The van der Waals surface area contributed by atoms with Crippen molar-refractivity contribution >= 4 is 37.9 Å². The second-order valence-electron chi connectivity index (χ2n) is 12.2. The number of methoxy groups -OCH3 is 1. The van der Waals surface area contributed by atoms with Gasteiger partial charge in [0.15, 0.2) is 5.82 Å². The number of aromatic nitrogens is 5. The van der Waals surface area contributed by atoms with Crippen molar-refractivity contribution in [2.75, 3.05) is 42.5 Å². The molecule has 12 heteroatoms. The molecule has 222 valence electrons. The molecule has 4 aromatic rings. The van der Waals surface area contributed by atoms with E-state index in [1.165, 1.54) is 11.8 Å². The predicted octanol–water partition coefficient (Wildman–Crippen LogP) is 3.95. The van der Waals surface area contributed by atoms with Crippen LogP contribution in [0.1, 0.15) is 38.2 Å². The van der Waals surface area contributed by atoms with Crippen molar-refractivity contribution < 1.29 is 13.2 Å². The summed E-state index contributed by atoms with van der Waals surface area (Å²) >= 11 is 0. The lowest BCUT2D eigenvalue weighted by molar-refractivity contribution is 0.128. The molecule has 6 rings (SSSR count). The molecule has 0 bridgehead atoms. The topological polar surface area (TPSA) is 141 Å². The molecule has 3 N–H and O–H groups in total. The second kappa shape index (κ2) is 10.9. The van der Waals surface area contributed by atoms with Gasteiger partial charge >= 0.3 is 0 Å². The van der Waals surface area contributed by atoms with Gasteiger partial charge in [0.2, 0.25) is 0 Å². The predicted molar refractivity (Wildman–Crippen MR) is 164 cm³/mol. The minimum Gasteiger partial charge on any atom is -0.384 e. The van der Waals surface area contributed by atoms with Gasteiger partial charge in [0, 0.05) is 67.5 Å². The second-order valence-corrected chi connectivity index (χ2v) is 14.4. The number of nitrogens with zero attached hydrogens (tertiary/aromatic N) is 6. The van der Waals surface area contributed by atoms with Crippen molar-refractivity contribution in [2.24, 2.45) is 17.1 Å². The molecule has 0 radical (unpaired) electrons. The van der Waals surface area contributed by atoms with Crippen LogP contribution in [0.5, 0.6) is 0 Å². The van der Waals surface area contributed by atoms with Crippen LogP contribution < -0.4 is 16.0 Å². The largest absolute Gasteiger partial charge is 0.384 e. The quantitative estimate of drug-likeness (QED) is 0.264. The number of nitrogens with one attached hydrogen (secondary N) is 1. The van der Waals surface area contributed by atoms with Crippen molar-refractivity contribution in [3.63, 3.8) is 0 Å². The molecule has 1 aliphatic heterocycles. The summed E-state index contributed by atoms with van der Waals surface area (Å²) in [5.74, 6) is 2.18. The highest BCUT2D eigenvalue weighted by atomic mass is 32.2. The van der Waals surface area contributed by atoms with Crippen molar-refractivity contribution in [3.8, 4) is 11.4 Å². The highest BCUT2D eigenvalue weighted by Gasteiger charge is 2.43. The Morgan fingerprint density at radius 2 is 1.95 bits per heavy atom. The molecule has 4 heterocycles. The Kier molecular flexibility index (Phi) is 7.40. The number of benzene rings is 1. The van der Waals surface area contributed by atoms with Crippen LogP contribution in [-0.4, -0.2) is 71.6 Å². The zero-order valence-electron chi connectivity index (χ0n) is 24.5. The lowest BCUT2D eigenvalue weighted by Gasteiger charge is -2.47. The molecule has 0 unspecified atom stereocenters. The number of ether oxygens (including phenoxy) is 1. The van der Waals surface area contributed by atoms with Gasteiger partial charge < -0.3 is 20.7 Å². The van der Waals surface area contributed by atoms with Crippen LogP contribution in [0, 0.1) is 11.3 Å². The lowest BCUT2D eigenvalue weighted by atomic mass is 9.92. The number of hydrogen-bond acceptors (Lipinski definition) is 10. The Hall–Kier alpha value is -3.61. The normalized spacial score (nSPS) is 19.7. The maximum Gasteiger partial charge on any atom is 0.164 e. The Morgan fingerprint density at radius 1 is 1.14 bits per heavy atom. The van der Waals surface area contributed by atoms with Crippen molar-refractivity contribution in [1.29, 1.82) is 0 Å². The van der Waals surface area contributed by atoms with E-state index in [0.29, 0.717) is 29.9 Å². The van der Waals surface area contributed by atoms with Crippen LogP contribution in [0.2, 0.25) is 0 Å². The average Bonchev–Trinajstić information content (AvgIpc) is 3.53. The van der Waals surface area contributed by atoms with E-state index in [1.807, 2.05) is 29.2 Å². The number of hydrogen-bond donors (Lipinski definition) is 2. The molecule has 1 saturated carbocycles. The number of fused-ring (bicyclic) bond motifs is 1. The third-order valence-corrected chi connectivity index (χ3v) is 9.38. The van der Waals surface area contributed by atoms with Gasteiger partial charge in [-0.2, -0.15) is 5.10 Å². The van der Waals surface area contributed by atoms with E-state index in [1.54, 1.807) is 19.5 Å². The minimum atomic E-state index is -3.09. The Balaban J connectivity index is 1.24. The van der Waals surface area contributed by atoms with Crippen molar-refractivity contribution in [1.82, 2.24) is 24.7 Å². The zero-order valence-corrected chi connectivity index (χ0v) is 25.3. The summed E-state index contributed by atoms with van der Waals surface area (Å²) in [6, 6.07) is 8.05. The van der Waals surface area contributed by atoms with Crippen LogP contribution in [0.3, 0.4) is 0 Å². The summed E-state index contributed by atoms with van der Waals surface area (Å²) in [6.45, 7) is 6.48. The van der Waals surface area contributed by atoms with E-state index in [2.05, 4.69) is 46.3 Å². The molecule has 1 saturated heterocycles. The molecule has 0 amide bonds. The van der Waals surface area contributed by atoms with Crippen molar-refractivity contribution in [2.45, 2.75) is 45.3 Å². The fraction of sp³-hybridized carbons (Fsp3) is 0.467. The molecule has 42 heavy (non-hydrogen) atoms. The smallest absolute Gasteiger partial charge is 0.164 e. The summed E-state index contributed by atoms with van der Waals surface area (Å²) in [5.41, 5.74) is 9.64. The van der Waals surface area contributed by atoms with Crippen LogP contribution in [0.25, 0.3) is 22.2 Å². The fourth-order valence-corrected chi connectivity index (χ4v) is 6.99. The fourth-order valence-electron chi connectivity index (χ4n) is 5.91. The lowest BCUT2D eigenvalue weighted by Crippen LogP contribution is -2.63. The van der Waals surface area contributed by atoms with E-state index >= 15 is 0 Å². The van der Waals surface area contributed by atoms with Gasteiger partial charge in [0.1, 0.15) is 21.5 Å². The average molecular weight is 591 g/mol. The Morgan fingerprint density at radius 3 is 2.64 bits per heavy atom. The first-order valence-electron chi connectivity index (χ1n) is 14.3. The molecule has 0 spiro atoms. The minimum absolute atomic E-state index is 0.0898. The van der Waals surface area contributed by atoms with Gasteiger partial charge in [-0.15, -0.1) is 0 Å². The summed E-state index contributed by atoms with van der Waals surface area (Å²) in [6.07, 6.45) is 10.6. The van der Waals surface area contributed by atoms with Gasteiger partial charge in [-0.05, 0) is 47.9 Å². The zero-order chi connectivity index (χ0) is 29.6. The van der Waals surface area contributed by atoms with E-state index in [4.69, 9.17) is 20.4 Å². The third-order valence-electron chi connectivity index (χ3n) is 8.34. The Labute approximate surface area is 246 Å². The molecule has 1 aliphatic carbocycles. The molecule has 11 nitrogen and oxygen atoms in total. The summed E-state index contributed by atoms with van der Waals surface area (Å²) in [5, 5.41) is 9.95. The first kappa shape index (κ1) is 28.5. The van der Waals surface area contributed by atoms with Crippen LogP contribution >= 0.6 is 0 Å². The third kappa shape index (κ3) is 5.83. The van der Waals surface area contributed by atoms with Crippen molar-refractivity contribution in [3.05, 3.63) is 54.6 Å². The molecule has 2 atom stereocenters. The monoisotopic (exact) mass is 590 g/mol. The standard InChI is InChI=1S/C30H38N8O3S/c1-19(2)22-5-6-25(38-15-21(28(38)31)16-42(4,39)40)24-13-33-27(11-23(22)24)35-26-7-10-32-29(36-26)20-12-34-37(14-20)17-30(8-9-30)18-41-3/h5-7,10-14,19,21,28H,8-9,15-18,31H2,1-4H3,(H,32,33,35,36)/t21-,28+/m1/s1. The highest BCUT2D eigenvalue weighted by Crippen LogP contribution is 2.47. The first-order chi connectivity index (χ1) is 20.0. The maximum atomic E-state index is 11.8. The summed E-state index contributed by atoms with van der Waals surface area (Å²) in [7, 11) is -1.35. The van der Waals surface area contributed by atoms with Gasteiger partial charge in [0.05, 0.1) is 30.3 Å². The van der Waals surface area contributed by atoms with E-state index in [0.717, 1.165) is 48.0 Å². The van der Waals surface area contributed by atoms with Crippen LogP contribution in [0.15, 0.2) is 49.1 Å². The molecular formula is C30H38N8O3S. The molecule has 3 aromatic heterocycles. The van der Waals surface area contributed by atoms with E-state index < -0.39 is 9.84 Å². The molecular weight excluding hydrogens is 552 g/mol. The molecule has 2 aliphatic rings. The Bertz CT molecular complexity index is 1720. The number of rotatable bonds is 11. The van der Waals surface area contributed by atoms with Gasteiger partial charge in [0.25, 0.3) is 0 Å². The summed E-state index contributed by atoms with van der Waals surface area (Å²) in [4.78, 5) is 16.0. The SMILES string of the molecule is COCC1(Cn2cc(-c3nccc(Nc4cc5c(C(C)C)ccc(N6C[C@H](CS(C)(=O)=O)[C@H]6N)c5cn4)n3)cn2)CC1. The number of nitrogens with two attached hydrogens (primary N) is 1. The van der Waals surface area contributed by atoms with Gasteiger partial charge in [-0.25, -0.2) is 23.4 Å². The number of sulfone groups is 1. The van der Waals surface area contributed by atoms with Gasteiger partial charge in [-0.1, -0.05) is 19.9 Å².